The van der Waals surface area contributed by atoms with Crippen molar-refractivity contribution in [2.24, 2.45) is 0 Å². The summed E-state index contributed by atoms with van der Waals surface area (Å²) in [5.41, 5.74) is 0. The van der Waals surface area contributed by atoms with Gasteiger partial charge in [0.05, 0.1) is 0 Å². The first-order valence-electron chi connectivity index (χ1n) is 21.9. The van der Waals surface area contributed by atoms with Crippen LogP contribution in [0.15, 0.2) is 0 Å². The normalized spacial score (nSPS) is 11.4. The molecule has 0 aromatic heterocycles. The summed E-state index contributed by atoms with van der Waals surface area (Å²) in [5.74, 6) is 0.519. The number of hydrogen-bond acceptors (Lipinski definition) is 2. The van der Waals surface area contributed by atoms with E-state index in [1.807, 2.05) is 0 Å². The highest BCUT2D eigenvalue weighted by molar-refractivity contribution is 6.63. The second kappa shape index (κ2) is 41.8. The summed E-state index contributed by atoms with van der Waals surface area (Å²) >= 11 is 5.37. The summed E-state index contributed by atoms with van der Waals surface area (Å²) in [5, 5.41) is -0.184. The molecular formula is C44H85ClO2. The van der Waals surface area contributed by atoms with Gasteiger partial charge in [-0.25, -0.2) is 0 Å². The first-order chi connectivity index (χ1) is 23.2. The molecule has 0 amide bonds. The molecule has 0 atom stereocenters. The summed E-state index contributed by atoms with van der Waals surface area (Å²) < 4.78 is 0. The molecule has 0 aliphatic rings. The van der Waals surface area contributed by atoms with Crippen molar-refractivity contribution in [2.75, 3.05) is 0 Å². The van der Waals surface area contributed by atoms with Crippen LogP contribution in [0.25, 0.3) is 0 Å². The lowest BCUT2D eigenvalue weighted by Gasteiger charge is -2.05. The zero-order valence-electron chi connectivity index (χ0n) is 32.2. The van der Waals surface area contributed by atoms with E-state index >= 15 is 0 Å². The van der Waals surface area contributed by atoms with Crippen LogP contribution in [0.4, 0.5) is 0 Å². The largest absolute Gasteiger partial charge is 0.300 e. The summed E-state index contributed by atoms with van der Waals surface area (Å²) in [7, 11) is 0. The second-order valence-corrected chi connectivity index (χ2v) is 15.6. The van der Waals surface area contributed by atoms with Gasteiger partial charge in [0.15, 0.2) is 0 Å². The van der Waals surface area contributed by atoms with Crippen LogP contribution in [-0.4, -0.2) is 11.0 Å². The van der Waals surface area contributed by atoms with E-state index in [-0.39, 0.29) is 5.24 Å². The Morgan fingerprint density at radius 3 is 0.638 bits per heavy atom. The monoisotopic (exact) mass is 681 g/mol. The van der Waals surface area contributed by atoms with Gasteiger partial charge in [-0.3, -0.25) is 9.59 Å². The van der Waals surface area contributed by atoms with Crippen molar-refractivity contribution in [2.45, 2.75) is 270 Å². The van der Waals surface area contributed by atoms with Crippen LogP contribution in [0.5, 0.6) is 0 Å². The number of Topliss-reactive ketones (excluding diaryl/α,β-unsaturated/α-hetero) is 1. The molecule has 0 N–H and O–H groups in total. The van der Waals surface area contributed by atoms with Crippen LogP contribution in [0.3, 0.4) is 0 Å². The third-order valence-electron chi connectivity index (χ3n) is 10.4. The van der Waals surface area contributed by atoms with Gasteiger partial charge in [-0.05, 0) is 30.9 Å². The predicted octanol–water partition coefficient (Wildman–Crippen LogP) is 16.3. The summed E-state index contributed by atoms with van der Waals surface area (Å²) in [6.07, 6.45) is 54.0. The average molecular weight is 682 g/mol. The highest BCUT2D eigenvalue weighted by Crippen LogP contribution is 2.17. The van der Waals surface area contributed by atoms with Crippen molar-refractivity contribution >= 4 is 22.6 Å². The molecule has 0 unspecified atom stereocenters. The molecule has 0 radical (unpaired) electrons. The van der Waals surface area contributed by atoms with Gasteiger partial charge in [-0.2, -0.15) is 0 Å². The maximum atomic E-state index is 12.2. The maximum Gasteiger partial charge on any atom is 0.221 e. The lowest BCUT2D eigenvalue weighted by Crippen LogP contribution is -1.97. The van der Waals surface area contributed by atoms with Crippen molar-refractivity contribution < 1.29 is 9.59 Å². The summed E-state index contributed by atoms with van der Waals surface area (Å²) in [6, 6.07) is 0. The Morgan fingerprint density at radius 1 is 0.277 bits per heavy atom. The number of carbonyl (C=O) groups is 2. The summed E-state index contributed by atoms with van der Waals surface area (Å²) in [4.78, 5) is 22.9. The predicted molar refractivity (Wildman–Crippen MR) is 211 cm³/mol. The standard InChI is InChI=1S/C44H85ClO2/c1-2-3-4-5-6-7-8-9-10-11-13-16-19-22-25-28-31-34-37-40-43(46)41-38-35-32-29-26-23-20-17-14-12-15-18-21-24-27-30-33-36-39-42-44(45)47/h2-42H2,1H3. The van der Waals surface area contributed by atoms with Gasteiger partial charge in [-0.1, -0.05) is 232 Å². The first-order valence-corrected chi connectivity index (χ1v) is 22.2. The number of hydrogen-bond donors (Lipinski definition) is 0. The molecule has 280 valence electrons. The number of ketones is 1. The number of carbonyl (C=O) groups excluding carboxylic acids is 2. The molecule has 0 heterocycles. The van der Waals surface area contributed by atoms with Gasteiger partial charge < -0.3 is 0 Å². The van der Waals surface area contributed by atoms with Crippen molar-refractivity contribution in [1.82, 2.24) is 0 Å². The number of halogens is 1. The maximum absolute atomic E-state index is 12.2. The molecule has 0 bridgehead atoms. The molecule has 0 rings (SSSR count). The minimum absolute atomic E-state index is 0.184. The lowest BCUT2D eigenvalue weighted by atomic mass is 10.0. The molecule has 2 nitrogen and oxygen atoms in total. The SMILES string of the molecule is CCCCCCCCCCCCCCCCCCCCCC(=O)CCCCCCCCCCCCCCCCCCCCCC(=O)Cl. The molecule has 0 saturated heterocycles. The average Bonchev–Trinajstić information content (AvgIpc) is 3.06. The van der Waals surface area contributed by atoms with Crippen LogP contribution < -0.4 is 0 Å². The Kier molecular flexibility index (Phi) is 41.5. The Hall–Kier alpha value is -0.370. The van der Waals surface area contributed by atoms with Gasteiger partial charge in [0.2, 0.25) is 5.24 Å². The first kappa shape index (κ1) is 46.6. The van der Waals surface area contributed by atoms with Gasteiger partial charge in [0, 0.05) is 19.3 Å². The lowest BCUT2D eigenvalue weighted by molar-refractivity contribution is -0.119. The molecular weight excluding hydrogens is 596 g/mol. The Labute approximate surface area is 301 Å². The molecule has 47 heavy (non-hydrogen) atoms. The van der Waals surface area contributed by atoms with Crippen LogP contribution in [0.2, 0.25) is 0 Å². The molecule has 0 saturated carbocycles. The van der Waals surface area contributed by atoms with Gasteiger partial charge in [-0.15, -0.1) is 0 Å². The van der Waals surface area contributed by atoms with E-state index in [2.05, 4.69) is 6.92 Å². The topological polar surface area (TPSA) is 34.1 Å². The fourth-order valence-corrected chi connectivity index (χ4v) is 7.25. The highest BCUT2D eigenvalue weighted by atomic mass is 35.5. The van der Waals surface area contributed by atoms with Gasteiger partial charge in [0.25, 0.3) is 0 Å². The van der Waals surface area contributed by atoms with Gasteiger partial charge >= 0.3 is 0 Å². The molecule has 0 aromatic rings. The van der Waals surface area contributed by atoms with Crippen molar-refractivity contribution in [3.05, 3.63) is 0 Å². The van der Waals surface area contributed by atoms with Crippen molar-refractivity contribution in [3.63, 3.8) is 0 Å². The molecule has 0 aromatic carbocycles. The van der Waals surface area contributed by atoms with Gasteiger partial charge in [0.1, 0.15) is 5.78 Å². The van der Waals surface area contributed by atoms with E-state index in [0.717, 1.165) is 38.5 Å². The Morgan fingerprint density at radius 2 is 0.447 bits per heavy atom. The molecule has 0 aliphatic heterocycles. The smallest absolute Gasteiger partial charge is 0.221 e. The fourth-order valence-electron chi connectivity index (χ4n) is 7.12. The molecule has 0 fully saturated rings. The van der Waals surface area contributed by atoms with E-state index < -0.39 is 0 Å². The molecule has 3 heteroatoms. The zero-order valence-corrected chi connectivity index (χ0v) is 32.9. The zero-order chi connectivity index (χ0) is 34.1. The van der Waals surface area contributed by atoms with E-state index in [9.17, 15) is 9.59 Å². The molecule has 0 aliphatic carbocycles. The van der Waals surface area contributed by atoms with Crippen LogP contribution in [-0.2, 0) is 9.59 Å². The Bertz CT molecular complexity index is 618. The van der Waals surface area contributed by atoms with E-state index in [1.165, 1.54) is 218 Å². The van der Waals surface area contributed by atoms with E-state index in [4.69, 9.17) is 11.6 Å². The second-order valence-electron chi connectivity index (χ2n) is 15.2. The van der Waals surface area contributed by atoms with Crippen molar-refractivity contribution in [3.8, 4) is 0 Å². The fraction of sp³-hybridized carbons (Fsp3) is 0.955. The van der Waals surface area contributed by atoms with Crippen molar-refractivity contribution in [1.29, 1.82) is 0 Å². The highest BCUT2D eigenvalue weighted by Gasteiger charge is 2.03. The minimum atomic E-state index is -0.184. The van der Waals surface area contributed by atoms with Crippen LogP contribution in [0, 0.1) is 0 Å². The quantitative estimate of drug-likeness (QED) is 0.0475. The third kappa shape index (κ3) is 43.6. The minimum Gasteiger partial charge on any atom is -0.300 e. The third-order valence-corrected chi connectivity index (χ3v) is 10.6. The number of rotatable bonds is 42. The Balaban J connectivity index is 3.15. The van der Waals surface area contributed by atoms with E-state index in [1.54, 1.807) is 0 Å². The van der Waals surface area contributed by atoms with Crippen LogP contribution in [0.1, 0.15) is 270 Å². The number of unbranched alkanes of at least 4 members (excludes halogenated alkanes) is 36. The summed E-state index contributed by atoms with van der Waals surface area (Å²) in [6.45, 7) is 2.30. The molecule has 0 spiro atoms. The van der Waals surface area contributed by atoms with Crippen LogP contribution >= 0.6 is 11.6 Å². The van der Waals surface area contributed by atoms with E-state index in [0.29, 0.717) is 12.2 Å².